The number of amides is 1. The summed E-state index contributed by atoms with van der Waals surface area (Å²) in [6.07, 6.45) is 3.25. The molecule has 158 valence electrons. The molecule has 3 heterocycles. The van der Waals surface area contributed by atoms with Crippen LogP contribution >= 0.6 is 12.2 Å². The fourth-order valence-electron chi connectivity index (χ4n) is 3.98. The van der Waals surface area contributed by atoms with Crippen LogP contribution in [0.2, 0.25) is 0 Å². The molecule has 5 rings (SSSR count). The highest BCUT2D eigenvalue weighted by Gasteiger charge is 2.64. The summed E-state index contributed by atoms with van der Waals surface area (Å²) in [6.45, 7) is 1.45. The zero-order valence-electron chi connectivity index (χ0n) is 16.0. The lowest BCUT2D eigenvalue weighted by Gasteiger charge is -2.29. The van der Waals surface area contributed by atoms with Crippen molar-refractivity contribution in [3.63, 3.8) is 0 Å². The fourth-order valence-corrected chi connectivity index (χ4v) is 5.29. The summed E-state index contributed by atoms with van der Waals surface area (Å²) in [4.78, 5) is 16.4. The Morgan fingerprint density at radius 2 is 2.10 bits per heavy atom. The monoisotopic (exact) mass is 449 g/mol. The Kier molecular flexibility index (Phi) is 4.78. The van der Waals surface area contributed by atoms with Gasteiger partial charge in [0.15, 0.2) is 5.60 Å². The van der Waals surface area contributed by atoms with Gasteiger partial charge in [0.1, 0.15) is 17.1 Å². The molecule has 2 aromatic rings. The molecule has 1 amide bonds. The van der Waals surface area contributed by atoms with Crippen LogP contribution in [-0.4, -0.2) is 58.1 Å². The van der Waals surface area contributed by atoms with Gasteiger partial charge in [-0.3, -0.25) is 9.11 Å². The molecular weight excluding hydrogens is 429 g/mol. The second-order valence-corrected chi connectivity index (χ2v) is 9.84. The van der Waals surface area contributed by atoms with Crippen molar-refractivity contribution in [2.45, 2.75) is 18.1 Å². The zero-order valence-corrected chi connectivity index (χ0v) is 17.6. The van der Waals surface area contributed by atoms with E-state index in [2.05, 4.69) is 5.32 Å². The largest absolute Gasteiger partial charge is 0.472 e. The Morgan fingerprint density at radius 1 is 1.30 bits per heavy atom. The molecule has 0 bridgehead atoms. The molecule has 2 saturated heterocycles. The van der Waals surface area contributed by atoms with E-state index in [-0.39, 0.29) is 6.04 Å². The van der Waals surface area contributed by atoms with Gasteiger partial charge in [-0.15, -0.1) is 0 Å². The van der Waals surface area contributed by atoms with Crippen molar-refractivity contribution in [2.75, 3.05) is 40.9 Å². The Bertz CT molecular complexity index is 1020. The lowest BCUT2D eigenvalue weighted by Crippen LogP contribution is -2.38. The predicted molar refractivity (Wildman–Crippen MR) is 115 cm³/mol. The van der Waals surface area contributed by atoms with Crippen LogP contribution in [0, 0.1) is 5.82 Å². The van der Waals surface area contributed by atoms with Gasteiger partial charge in [0.2, 0.25) is 0 Å². The van der Waals surface area contributed by atoms with E-state index in [0.29, 0.717) is 53.9 Å². The highest BCUT2D eigenvalue weighted by molar-refractivity contribution is 7.85. The van der Waals surface area contributed by atoms with Crippen molar-refractivity contribution in [3.8, 4) is 0 Å². The normalized spacial score (nSPS) is 26.2. The molecule has 3 aliphatic rings. The molecule has 3 fully saturated rings. The standard InChI is InChI=1S/C20H20FN3O4S2/c21-15-9-14(1-2-16(15)23-4-7-30(26)8-5-23)24-12-20(28-19(24)25)10-17(20)22-18(29)13-3-6-27-11-13/h1-3,6,9,11,17H,4-5,7-8,10,12H2,(H,22,29)/t17-,20?/m0/s1. The van der Waals surface area contributed by atoms with E-state index in [4.69, 9.17) is 21.4 Å². The van der Waals surface area contributed by atoms with Gasteiger partial charge >= 0.3 is 6.09 Å². The van der Waals surface area contributed by atoms with Crippen molar-refractivity contribution < 1.29 is 22.5 Å². The van der Waals surface area contributed by atoms with Crippen molar-refractivity contribution in [1.82, 2.24) is 5.32 Å². The van der Waals surface area contributed by atoms with E-state index in [1.807, 2.05) is 4.90 Å². The van der Waals surface area contributed by atoms with Gasteiger partial charge in [0.25, 0.3) is 0 Å². The number of thiocarbonyl (C=S) groups is 1. The fraction of sp³-hybridized carbons (Fsp3) is 0.400. The number of carbonyl (C=O) groups is 1. The average Bonchev–Trinajstić information content (AvgIpc) is 3.09. The van der Waals surface area contributed by atoms with Gasteiger partial charge in [0, 0.05) is 47.4 Å². The first-order valence-corrected chi connectivity index (χ1v) is 11.6. The minimum atomic E-state index is -0.826. The summed E-state index contributed by atoms with van der Waals surface area (Å²) in [5.74, 6) is 0.676. The minimum absolute atomic E-state index is 0.0906. The van der Waals surface area contributed by atoms with Gasteiger partial charge in [-0.05, 0) is 24.3 Å². The van der Waals surface area contributed by atoms with Crippen molar-refractivity contribution in [3.05, 3.63) is 48.2 Å². The molecule has 1 aliphatic carbocycles. The first-order chi connectivity index (χ1) is 14.4. The highest BCUT2D eigenvalue weighted by Crippen LogP contribution is 2.46. The molecular formula is C20H20FN3O4S2. The lowest BCUT2D eigenvalue weighted by molar-refractivity contribution is 0.124. The summed E-state index contributed by atoms with van der Waals surface area (Å²) in [5.41, 5.74) is 1.04. The van der Waals surface area contributed by atoms with Crippen molar-refractivity contribution in [2.24, 2.45) is 0 Å². The molecule has 0 radical (unpaired) electrons. The van der Waals surface area contributed by atoms with Gasteiger partial charge in [-0.2, -0.15) is 0 Å². The van der Waals surface area contributed by atoms with E-state index in [9.17, 15) is 13.4 Å². The third-order valence-electron chi connectivity index (χ3n) is 5.81. The Balaban J connectivity index is 1.27. The Labute approximate surface area is 180 Å². The molecule has 1 aromatic carbocycles. The second kappa shape index (κ2) is 7.35. The first-order valence-electron chi connectivity index (χ1n) is 9.68. The summed E-state index contributed by atoms with van der Waals surface area (Å²) >= 11 is 5.36. The number of ether oxygens (including phenoxy) is 1. The minimum Gasteiger partial charge on any atom is -0.472 e. The maximum absolute atomic E-state index is 14.8. The number of anilines is 2. The van der Waals surface area contributed by atoms with Crippen LogP contribution in [0.4, 0.5) is 20.6 Å². The number of hydrogen-bond donors (Lipinski definition) is 1. The van der Waals surface area contributed by atoms with Gasteiger partial charge in [0.05, 0.1) is 30.2 Å². The lowest BCUT2D eigenvalue weighted by atomic mass is 10.2. The quantitative estimate of drug-likeness (QED) is 0.719. The molecule has 1 spiro atoms. The van der Waals surface area contributed by atoms with Crippen LogP contribution < -0.4 is 15.1 Å². The van der Waals surface area contributed by atoms with Gasteiger partial charge in [-0.25, -0.2) is 9.18 Å². The average molecular weight is 450 g/mol. The molecule has 1 saturated carbocycles. The van der Waals surface area contributed by atoms with E-state index in [0.717, 1.165) is 5.56 Å². The third kappa shape index (κ3) is 3.47. The topological polar surface area (TPSA) is 75.0 Å². The van der Waals surface area contributed by atoms with Crippen molar-refractivity contribution >= 4 is 45.5 Å². The summed E-state index contributed by atoms with van der Waals surface area (Å²) in [5, 5.41) is 3.21. The SMILES string of the molecule is O=C1OC2(C[C@@H]2NC(=S)c2ccoc2)CN1c1ccc(N2CCS(=O)CC2)c(F)c1. The Hall–Kier alpha value is -2.46. The van der Waals surface area contributed by atoms with E-state index in [1.165, 1.54) is 11.0 Å². The summed E-state index contributed by atoms with van der Waals surface area (Å²) < 4.78 is 37.0. The predicted octanol–water partition coefficient (Wildman–Crippen LogP) is 2.42. The van der Waals surface area contributed by atoms with Crippen LogP contribution in [0.25, 0.3) is 0 Å². The van der Waals surface area contributed by atoms with E-state index >= 15 is 0 Å². The number of hydrogen-bond acceptors (Lipinski definition) is 6. The van der Waals surface area contributed by atoms with Gasteiger partial charge < -0.3 is 19.4 Å². The maximum atomic E-state index is 14.8. The molecule has 10 heteroatoms. The number of nitrogens with one attached hydrogen (secondary N) is 1. The Morgan fingerprint density at radius 3 is 2.80 bits per heavy atom. The second-order valence-electron chi connectivity index (χ2n) is 7.73. The number of furan rings is 1. The van der Waals surface area contributed by atoms with Crippen LogP contribution in [0.1, 0.15) is 12.0 Å². The molecule has 2 aliphatic heterocycles. The third-order valence-corrected chi connectivity index (χ3v) is 7.44. The number of benzene rings is 1. The number of carbonyl (C=O) groups excluding carboxylic acids is 1. The van der Waals surface area contributed by atoms with Crippen LogP contribution in [0.15, 0.2) is 41.2 Å². The highest BCUT2D eigenvalue weighted by atomic mass is 32.2. The molecule has 1 N–H and O–H groups in total. The zero-order chi connectivity index (χ0) is 20.9. The molecule has 1 unspecified atom stereocenters. The van der Waals surface area contributed by atoms with E-state index in [1.54, 1.807) is 30.7 Å². The van der Waals surface area contributed by atoms with E-state index < -0.39 is 28.3 Å². The number of rotatable bonds is 4. The smallest absolute Gasteiger partial charge is 0.415 e. The number of nitrogens with zero attached hydrogens (tertiary/aromatic N) is 2. The maximum Gasteiger partial charge on any atom is 0.415 e. The molecule has 2 atom stereocenters. The number of halogens is 1. The molecule has 7 nitrogen and oxygen atoms in total. The van der Waals surface area contributed by atoms with Gasteiger partial charge in [-0.1, -0.05) is 12.2 Å². The van der Waals surface area contributed by atoms with Crippen LogP contribution in [0.3, 0.4) is 0 Å². The summed E-state index contributed by atoms with van der Waals surface area (Å²) in [7, 11) is -0.826. The first kappa shape index (κ1) is 19.5. The summed E-state index contributed by atoms with van der Waals surface area (Å²) in [6, 6.07) is 6.44. The molecule has 1 aromatic heterocycles. The van der Waals surface area contributed by atoms with Crippen molar-refractivity contribution in [1.29, 1.82) is 0 Å². The van der Waals surface area contributed by atoms with Crippen LogP contribution in [-0.2, 0) is 15.5 Å². The van der Waals surface area contributed by atoms with Crippen LogP contribution in [0.5, 0.6) is 0 Å². The molecule has 30 heavy (non-hydrogen) atoms.